The van der Waals surface area contributed by atoms with E-state index in [0.717, 1.165) is 18.6 Å². The molecule has 162 valence electrons. The van der Waals surface area contributed by atoms with Gasteiger partial charge >= 0.3 is 0 Å². The standard InChI is InChI=1S/C24H34N4O2/c1-5-28-22(29)21(14-16(2)3)26-23(30)24(28)10-12-27(13-11-24)17(4)19-15-25-20-9-7-6-8-18(19)20/h6-9,15-17,21,25H,5,10-14H2,1-4H3,(H,26,30). The Balaban J connectivity index is 1.51. The summed E-state index contributed by atoms with van der Waals surface area (Å²) in [6, 6.07) is 8.24. The van der Waals surface area contributed by atoms with E-state index in [9.17, 15) is 9.59 Å². The predicted octanol–water partition coefficient (Wildman–Crippen LogP) is 3.46. The molecule has 2 N–H and O–H groups in total. The SMILES string of the molecule is CCN1C(=O)C(CC(C)C)NC(=O)C12CCN(C(C)c1c[nH]c3ccccc13)CC2. The van der Waals surface area contributed by atoms with Crippen molar-refractivity contribution in [2.24, 2.45) is 5.92 Å². The molecule has 2 aliphatic heterocycles. The van der Waals surface area contributed by atoms with Gasteiger partial charge in [0.1, 0.15) is 11.6 Å². The summed E-state index contributed by atoms with van der Waals surface area (Å²) in [5.74, 6) is 0.490. The zero-order valence-electron chi connectivity index (χ0n) is 18.6. The zero-order chi connectivity index (χ0) is 21.5. The van der Waals surface area contributed by atoms with Crippen LogP contribution in [0.3, 0.4) is 0 Å². The highest BCUT2D eigenvalue weighted by molar-refractivity contribution is 6.00. The molecule has 3 heterocycles. The van der Waals surface area contributed by atoms with Crippen LogP contribution in [0, 0.1) is 5.92 Å². The summed E-state index contributed by atoms with van der Waals surface area (Å²) in [5.41, 5.74) is 1.74. The normalized spacial score (nSPS) is 23.4. The number of carbonyl (C=O) groups excluding carboxylic acids is 2. The number of H-pyrrole nitrogens is 1. The molecule has 1 spiro atoms. The van der Waals surface area contributed by atoms with Crippen molar-refractivity contribution in [2.75, 3.05) is 19.6 Å². The largest absolute Gasteiger partial charge is 0.361 e. The first-order valence-corrected chi connectivity index (χ1v) is 11.3. The molecular weight excluding hydrogens is 376 g/mol. The number of rotatable bonds is 5. The van der Waals surface area contributed by atoms with E-state index < -0.39 is 5.54 Å². The van der Waals surface area contributed by atoms with E-state index in [2.05, 4.69) is 60.4 Å². The Morgan fingerprint density at radius 2 is 1.83 bits per heavy atom. The van der Waals surface area contributed by atoms with Crippen LogP contribution in [0.4, 0.5) is 0 Å². The maximum absolute atomic E-state index is 13.2. The van der Waals surface area contributed by atoms with Crippen molar-refractivity contribution in [1.29, 1.82) is 0 Å². The zero-order valence-corrected chi connectivity index (χ0v) is 18.6. The van der Waals surface area contributed by atoms with Crippen LogP contribution in [0.25, 0.3) is 10.9 Å². The summed E-state index contributed by atoms with van der Waals surface area (Å²) in [6.45, 7) is 10.6. The van der Waals surface area contributed by atoms with Crippen molar-refractivity contribution in [1.82, 2.24) is 20.1 Å². The fourth-order valence-corrected chi connectivity index (χ4v) is 5.38. The van der Waals surface area contributed by atoms with Crippen LogP contribution < -0.4 is 5.32 Å². The lowest BCUT2D eigenvalue weighted by Gasteiger charge is -2.52. The van der Waals surface area contributed by atoms with Crippen molar-refractivity contribution in [3.63, 3.8) is 0 Å². The molecule has 6 nitrogen and oxygen atoms in total. The second-order valence-electron chi connectivity index (χ2n) is 9.27. The minimum atomic E-state index is -0.699. The highest BCUT2D eigenvalue weighted by atomic mass is 16.2. The summed E-state index contributed by atoms with van der Waals surface area (Å²) in [4.78, 5) is 34.1. The maximum atomic E-state index is 13.2. The van der Waals surface area contributed by atoms with Crippen molar-refractivity contribution in [2.45, 2.75) is 64.6 Å². The molecule has 0 bridgehead atoms. The topological polar surface area (TPSA) is 68.4 Å². The molecule has 0 aliphatic carbocycles. The van der Waals surface area contributed by atoms with E-state index in [1.54, 1.807) is 0 Å². The van der Waals surface area contributed by atoms with Gasteiger partial charge in [0.05, 0.1) is 0 Å². The molecule has 2 aromatic rings. The number of fused-ring (bicyclic) bond motifs is 1. The van der Waals surface area contributed by atoms with Gasteiger partial charge in [0, 0.05) is 42.8 Å². The van der Waals surface area contributed by atoms with Crippen molar-refractivity contribution < 1.29 is 9.59 Å². The molecule has 0 saturated carbocycles. The van der Waals surface area contributed by atoms with E-state index in [4.69, 9.17) is 0 Å². The van der Waals surface area contributed by atoms with Crippen LogP contribution in [0.2, 0.25) is 0 Å². The van der Waals surface area contributed by atoms with E-state index in [-0.39, 0.29) is 23.9 Å². The molecule has 0 radical (unpaired) electrons. The highest BCUT2D eigenvalue weighted by Gasteiger charge is 2.53. The number of hydrogen-bond donors (Lipinski definition) is 2. The molecular formula is C24H34N4O2. The molecule has 1 aromatic carbocycles. The summed E-state index contributed by atoms with van der Waals surface area (Å²) < 4.78 is 0. The van der Waals surface area contributed by atoms with Gasteiger partial charge < -0.3 is 15.2 Å². The Hall–Kier alpha value is -2.34. The number of para-hydroxylation sites is 1. The van der Waals surface area contributed by atoms with Crippen molar-refractivity contribution in [3.8, 4) is 0 Å². The monoisotopic (exact) mass is 410 g/mol. The summed E-state index contributed by atoms with van der Waals surface area (Å²) in [6.07, 6.45) is 4.16. The first-order chi connectivity index (χ1) is 14.4. The second-order valence-corrected chi connectivity index (χ2v) is 9.27. The Bertz CT molecular complexity index is 926. The first-order valence-electron chi connectivity index (χ1n) is 11.3. The first kappa shape index (κ1) is 20.9. The molecule has 2 amide bonds. The number of piperidine rings is 1. The third-order valence-electron chi connectivity index (χ3n) is 7.08. The lowest BCUT2D eigenvalue weighted by Crippen LogP contribution is -2.72. The number of aromatic amines is 1. The van der Waals surface area contributed by atoms with Gasteiger partial charge in [-0.1, -0.05) is 32.0 Å². The number of carbonyl (C=O) groups is 2. The van der Waals surface area contributed by atoms with Gasteiger partial charge in [-0.3, -0.25) is 14.5 Å². The minimum absolute atomic E-state index is 0.0361. The van der Waals surface area contributed by atoms with Crippen LogP contribution in [0.5, 0.6) is 0 Å². The second kappa shape index (κ2) is 8.06. The molecule has 2 saturated heterocycles. The third kappa shape index (κ3) is 3.41. The average Bonchev–Trinajstić information content (AvgIpc) is 3.16. The van der Waals surface area contributed by atoms with Crippen LogP contribution >= 0.6 is 0 Å². The van der Waals surface area contributed by atoms with E-state index in [1.807, 2.05) is 17.9 Å². The molecule has 2 aliphatic rings. The van der Waals surface area contributed by atoms with E-state index in [1.165, 1.54) is 10.9 Å². The van der Waals surface area contributed by atoms with Gasteiger partial charge in [-0.15, -0.1) is 0 Å². The quantitative estimate of drug-likeness (QED) is 0.793. The van der Waals surface area contributed by atoms with Crippen molar-refractivity contribution in [3.05, 3.63) is 36.0 Å². The summed E-state index contributed by atoms with van der Waals surface area (Å²) >= 11 is 0. The van der Waals surface area contributed by atoms with Gasteiger partial charge in [0.25, 0.3) is 0 Å². The Kier molecular flexibility index (Phi) is 5.62. The van der Waals surface area contributed by atoms with E-state index >= 15 is 0 Å². The molecule has 6 heteroatoms. The van der Waals surface area contributed by atoms with Crippen LogP contribution in [0.15, 0.2) is 30.5 Å². The fourth-order valence-electron chi connectivity index (χ4n) is 5.38. The maximum Gasteiger partial charge on any atom is 0.246 e. The Labute approximate surface area is 179 Å². The fraction of sp³-hybridized carbons (Fsp3) is 0.583. The smallest absolute Gasteiger partial charge is 0.246 e. The average molecular weight is 411 g/mol. The predicted molar refractivity (Wildman–Crippen MR) is 119 cm³/mol. The number of benzene rings is 1. The van der Waals surface area contributed by atoms with Crippen LogP contribution in [-0.2, 0) is 9.59 Å². The lowest BCUT2D eigenvalue weighted by atomic mass is 9.80. The number of likely N-dealkylation sites (N-methyl/N-ethyl adjacent to an activating group) is 1. The number of amides is 2. The van der Waals surface area contributed by atoms with Gasteiger partial charge in [-0.2, -0.15) is 0 Å². The van der Waals surface area contributed by atoms with Crippen molar-refractivity contribution >= 4 is 22.7 Å². The number of nitrogens with one attached hydrogen (secondary N) is 2. The highest BCUT2D eigenvalue weighted by Crippen LogP contribution is 2.37. The van der Waals surface area contributed by atoms with Gasteiger partial charge in [-0.25, -0.2) is 0 Å². The Morgan fingerprint density at radius 1 is 1.13 bits per heavy atom. The molecule has 1 aromatic heterocycles. The third-order valence-corrected chi connectivity index (χ3v) is 7.08. The van der Waals surface area contributed by atoms with Gasteiger partial charge in [0.15, 0.2) is 0 Å². The minimum Gasteiger partial charge on any atom is -0.361 e. The lowest BCUT2D eigenvalue weighted by molar-refractivity contribution is -0.161. The number of likely N-dealkylation sites (tertiary alicyclic amines) is 1. The summed E-state index contributed by atoms with van der Waals surface area (Å²) in [5, 5.41) is 4.32. The molecule has 2 fully saturated rings. The molecule has 2 atom stereocenters. The molecule has 2 unspecified atom stereocenters. The van der Waals surface area contributed by atoms with Gasteiger partial charge in [0.2, 0.25) is 11.8 Å². The number of nitrogens with zero attached hydrogens (tertiary/aromatic N) is 2. The van der Waals surface area contributed by atoms with E-state index in [0.29, 0.717) is 31.7 Å². The molecule has 30 heavy (non-hydrogen) atoms. The van der Waals surface area contributed by atoms with Crippen LogP contribution in [0.1, 0.15) is 58.6 Å². The number of hydrogen-bond acceptors (Lipinski definition) is 3. The Morgan fingerprint density at radius 3 is 2.50 bits per heavy atom. The molecule has 4 rings (SSSR count). The number of aromatic nitrogens is 1. The van der Waals surface area contributed by atoms with Crippen LogP contribution in [-0.4, -0.2) is 57.8 Å². The summed E-state index contributed by atoms with van der Waals surface area (Å²) in [7, 11) is 0. The number of piperazine rings is 1. The van der Waals surface area contributed by atoms with Gasteiger partial charge in [-0.05, 0) is 50.7 Å².